The molecule has 1 atom stereocenters. The monoisotopic (exact) mass is 409 g/mol. The molecule has 0 bridgehead atoms. The van der Waals surface area contributed by atoms with Crippen molar-refractivity contribution in [3.8, 4) is 0 Å². The van der Waals surface area contributed by atoms with E-state index >= 15 is 0 Å². The molecule has 0 aliphatic carbocycles. The van der Waals surface area contributed by atoms with E-state index in [2.05, 4.69) is 43.5 Å². The first kappa shape index (κ1) is 12.5. The zero-order valence-corrected chi connectivity index (χ0v) is 13.0. The molecule has 0 aliphatic heterocycles. The number of hydrogen-bond acceptors (Lipinski definition) is 3. The Morgan fingerprint density at radius 1 is 1.38 bits per heavy atom. The van der Waals surface area contributed by atoms with Gasteiger partial charge in [0.15, 0.2) is 0 Å². The Balaban J connectivity index is 2.46. The molecule has 0 spiro atoms. The topological polar surface area (TPSA) is 33.1 Å². The van der Waals surface area contributed by atoms with E-state index in [-0.39, 0.29) is 0 Å². The van der Waals surface area contributed by atoms with Gasteiger partial charge in [-0.25, -0.2) is 4.98 Å². The van der Waals surface area contributed by atoms with Gasteiger partial charge in [0.05, 0.1) is 10.4 Å². The number of aromatic nitrogens is 1. The van der Waals surface area contributed by atoms with Crippen molar-refractivity contribution in [3.05, 3.63) is 48.4 Å². The molecule has 5 heteroatoms. The Kier molecular flexibility index (Phi) is 3.68. The van der Waals surface area contributed by atoms with Gasteiger partial charge in [0, 0.05) is 3.57 Å². The molecule has 1 aromatic carbocycles. The van der Waals surface area contributed by atoms with Crippen molar-refractivity contribution in [1.82, 2.24) is 4.98 Å². The molecule has 0 saturated heterocycles. The van der Waals surface area contributed by atoms with Crippen LogP contribution in [0.2, 0.25) is 0 Å². The van der Waals surface area contributed by atoms with Gasteiger partial charge >= 0.3 is 0 Å². The van der Waals surface area contributed by atoms with Gasteiger partial charge in [0.2, 0.25) is 0 Å². The third kappa shape index (κ3) is 2.32. The molecule has 2 nitrogen and oxygen atoms in total. The number of thiazole rings is 1. The van der Waals surface area contributed by atoms with Crippen LogP contribution >= 0.6 is 49.9 Å². The van der Waals surface area contributed by atoms with Gasteiger partial charge in [0.25, 0.3) is 0 Å². The fraction of sp³-hybridized carbons (Fsp3) is 0.182. The predicted molar refractivity (Wildman–Crippen MR) is 77.6 cm³/mol. The zero-order chi connectivity index (χ0) is 11.8. The maximum atomic E-state index is 10.6. The second kappa shape index (κ2) is 4.72. The van der Waals surface area contributed by atoms with Crippen LogP contribution in [0.3, 0.4) is 0 Å². The molecular formula is C11H9BrINOS. The van der Waals surface area contributed by atoms with Gasteiger partial charge in [-0.05, 0) is 63.1 Å². The normalized spacial score (nSPS) is 14.8. The second-order valence-corrected chi connectivity index (χ2v) is 6.40. The van der Waals surface area contributed by atoms with E-state index in [9.17, 15) is 5.11 Å². The van der Waals surface area contributed by atoms with Crippen LogP contribution in [0.4, 0.5) is 0 Å². The lowest BCUT2D eigenvalue weighted by Gasteiger charge is -2.22. The fourth-order valence-electron chi connectivity index (χ4n) is 1.45. The highest BCUT2D eigenvalue weighted by molar-refractivity contribution is 14.1. The number of aliphatic hydroxyl groups is 1. The summed E-state index contributed by atoms with van der Waals surface area (Å²) in [6, 6.07) is 7.85. The van der Waals surface area contributed by atoms with Gasteiger partial charge < -0.3 is 5.11 Å². The van der Waals surface area contributed by atoms with Crippen molar-refractivity contribution >= 4 is 49.9 Å². The van der Waals surface area contributed by atoms with E-state index in [4.69, 9.17) is 0 Å². The summed E-state index contributed by atoms with van der Waals surface area (Å²) in [5, 5.41) is 10.6. The lowest BCUT2D eigenvalue weighted by atomic mass is 9.95. The highest BCUT2D eigenvalue weighted by Gasteiger charge is 2.29. The molecule has 16 heavy (non-hydrogen) atoms. The van der Waals surface area contributed by atoms with Crippen molar-refractivity contribution < 1.29 is 5.11 Å². The minimum Gasteiger partial charge on any atom is -0.380 e. The number of halogens is 2. The first-order chi connectivity index (χ1) is 7.51. The summed E-state index contributed by atoms with van der Waals surface area (Å²) in [7, 11) is 0. The summed E-state index contributed by atoms with van der Waals surface area (Å²) in [6.45, 7) is 1.79. The van der Waals surface area contributed by atoms with Crippen molar-refractivity contribution in [2.24, 2.45) is 0 Å². The summed E-state index contributed by atoms with van der Waals surface area (Å²) in [4.78, 5) is 4.93. The third-order valence-electron chi connectivity index (χ3n) is 2.37. The summed E-state index contributed by atoms with van der Waals surface area (Å²) >= 11 is 7.04. The summed E-state index contributed by atoms with van der Waals surface area (Å²) in [5.74, 6) is 0. The lowest BCUT2D eigenvalue weighted by molar-refractivity contribution is 0.105. The van der Waals surface area contributed by atoms with Gasteiger partial charge in [-0.1, -0.05) is 12.1 Å². The quantitative estimate of drug-likeness (QED) is 0.766. The molecule has 0 saturated carbocycles. The molecule has 1 aromatic heterocycles. The molecule has 2 aromatic rings. The molecule has 1 heterocycles. The van der Waals surface area contributed by atoms with E-state index in [1.807, 2.05) is 24.3 Å². The van der Waals surface area contributed by atoms with Crippen molar-refractivity contribution in [2.75, 3.05) is 0 Å². The Bertz CT molecular complexity index is 495. The van der Waals surface area contributed by atoms with Crippen LogP contribution in [-0.2, 0) is 5.60 Å². The van der Waals surface area contributed by atoms with E-state index in [1.54, 1.807) is 12.4 Å². The average Bonchev–Trinajstić information content (AvgIpc) is 2.66. The van der Waals surface area contributed by atoms with Crippen molar-refractivity contribution in [1.29, 1.82) is 0 Å². The molecular weight excluding hydrogens is 401 g/mol. The van der Waals surface area contributed by atoms with E-state index in [1.165, 1.54) is 11.3 Å². The molecule has 1 N–H and O–H groups in total. The number of hydrogen-bond donors (Lipinski definition) is 1. The number of nitrogens with zero attached hydrogens (tertiary/aromatic N) is 1. The maximum Gasteiger partial charge on any atom is 0.124 e. The van der Waals surface area contributed by atoms with Crippen LogP contribution in [0.5, 0.6) is 0 Å². The maximum absolute atomic E-state index is 10.6. The van der Waals surface area contributed by atoms with E-state index in [0.29, 0.717) is 4.60 Å². The fourth-order valence-corrected chi connectivity index (χ4v) is 3.48. The molecule has 1 unspecified atom stereocenters. The third-order valence-corrected chi connectivity index (χ3v) is 4.99. The summed E-state index contributed by atoms with van der Waals surface area (Å²) in [6.07, 6.45) is 0. The van der Waals surface area contributed by atoms with Crippen LogP contribution in [0, 0.1) is 3.57 Å². The van der Waals surface area contributed by atoms with Crippen LogP contribution in [0.15, 0.2) is 34.4 Å². The van der Waals surface area contributed by atoms with Crippen LogP contribution in [0.25, 0.3) is 0 Å². The molecule has 0 radical (unpaired) electrons. The minimum absolute atomic E-state index is 0.709. The first-order valence-corrected chi connectivity index (χ1v) is 7.35. The van der Waals surface area contributed by atoms with Gasteiger partial charge in [-0.3, -0.25) is 0 Å². The van der Waals surface area contributed by atoms with Gasteiger partial charge in [-0.15, -0.1) is 11.3 Å². The van der Waals surface area contributed by atoms with Gasteiger partial charge in [0.1, 0.15) is 10.2 Å². The summed E-state index contributed by atoms with van der Waals surface area (Å²) < 4.78 is 1.86. The highest BCUT2D eigenvalue weighted by Crippen LogP contribution is 2.36. The van der Waals surface area contributed by atoms with E-state index < -0.39 is 5.60 Å². The Labute approximate surface area is 120 Å². The van der Waals surface area contributed by atoms with Crippen LogP contribution in [0.1, 0.15) is 17.4 Å². The second-order valence-electron chi connectivity index (χ2n) is 3.55. The van der Waals surface area contributed by atoms with E-state index in [0.717, 1.165) is 14.0 Å². The smallest absolute Gasteiger partial charge is 0.124 e. The molecule has 0 fully saturated rings. The van der Waals surface area contributed by atoms with Crippen molar-refractivity contribution in [2.45, 2.75) is 12.5 Å². The predicted octanol–water partition coefficient (Wildman–Crippen LogP) is 3.77. The molecule has 0 amide bonds. The largest absolute Gasteiger partial charge is 0.380 e. The molecule has 2 rings (SSSR count). The summed E-state index contributed by atoms with van der Waals surface area (Å²) in [5.41, 5.74) is 1.60. The standard InChI is InChI=1S/C11H9BrINOS/c1-11(15,9-10(12)14-6-16-9)7-2-4-8(13)5-3-7/h2-6,15H,1H3. The Hall–Kier alpha value is 0.0200. The minimum atomic E-state index is -0.996. The van der Waals surface area contributed by atoms with Crippen LogP contribution < -0.4 is 0 Å². The SMILES string of the molecule is CC(O)(c1ccc(I)cc1)c1scnc1Br. The van der Waals surface area contributed by atoms with Gasteiger partial charge in [-0.2, -0.15) is 0 Å². The number of benzene rings is 1. The number of rotatable bonds is 2. The van der Waals surface area contributed by atoms with Crippen molar-refractivity contribution in [3.63, 3.8) is 0 Å². The molecule has 84 valence electrons. The Morgan fingerprint density at radius 3 is 2.50 bits per heavy atom. The highest BCUT2D eigenvalue weighted by atomic mass is 127. The zero-order valence-electron chi connectivity index (χ0n) is 8.45. The van der Waals surface area contributed by atoms with Crippen LogP contribution in [-0.4, -0.2) is 10.1 Å². The Morgan fingerprint density at radius 2 is 2.00 bits per heavy atom. The molecule has 0 aliphatic rings. The lowest BCUT2D eigenvalue weighted by Crippen LogP contribution is -2.21. The first-order valence-electron chi connectivity index (χ1n) is 4.59. The average molecular weight is 410 g/mol.